The second-order valence-electron chi connectivity index (χ2n) is 6.09. The molecule has 0 unspecified atom stereocenters. The standard InChI is InChI=1S/C21H24BrN3O4/c1-3-4-11-29-18-8-5-15(6-9-18)21(27)23-14-20(26)25-24-13-16-12-17(22)7-10-19(16)28-2/h5-10,12-13H,3-4,11,14H2,1-2H3,(H,23,27)(H,25,26)/b24-13+. The summed E-state index contributed by atoms with van der Waals surface area (Å²) in [5.74, 6) is 0.549. The third kappa shape index (κ3) is 7.57. The lowest BCUT2D eigenvalue weighted by Crippen LogP contribution is -2.34. The molecule has 2 amide bonds. The molecule has 0 saturated carbocycles. The van der Waals surface area contributed by atoms with Crippen molar-refractivity contribution in [2.45, 2.75) is 19.8 Å². The van der Waals surface area contributed by atoms with E-state index in [2.05, 4.69) is 38.7 Å². The minimum atomic E-state index is -0.442. The molecule has 0 heterocycles. The highest BCUT2D eigenvalue weighted by Crippen LogP contribution is 2.21. The van der Waals surface area contributed by atoms with E-state index in [4.69, 9.17) is 9.47 Å². The Morgan fingerprint density at radius 2 is 1.93 bits per heavy atom. The number of methoxy groups -OCH3 is 1. The van der Waals surface area contributed by atoms with Gasteiger partial charge in [-0.05, 0) is 48.9 Å². The molecule has 0 atom stereocenters. The number of amides is 2. The minimum Gasteiger partial charge on any atom is -0.496 e. The average molecular weight is 462 g/mol. The lowest BCUT2D eigenvalue weighted by molar-refractivity contribution is -0.120. The summed E-state index contributed by atoms with van der Waals surface area (Å²) in [4.78, 5) is 24.0. The second-order valence-corrected chi connectivity index (χ2v) is 7.00. The van der Waals surface area contributed by atoms with Crippen LogP contribution >= 0.6 is 15.9 Å². The number of carbonyl (C=O) groups is 2. The summed E-state index contributed by atoms with van der Waals surface area (Å²) < 4.78 is 11.7. The summed E-state index contributed by atoms with van der Waals surface area (Å²) >= 11 is 3.37. The molecule has 0 aromatic heterocycles. The molecular formula is C21H24BrN3O4. The van der Waals surface area contributed by atoms with Crippen molar-refractivity contribution < 1.29 is 19.1 Å². The molecule has 2 N–H and O–H groups in total. The van der Waals surface area contributed by atoms with E-state index in [1.54, 1.807) is 37.4 Å². The van der Waals surface area contributed by atoms with Crippen molar-refractivity contribution in [2.24, 2.45) is 5.10 Å². The van der Waals surface area contributed by atoms with E-state index in [1.807, 2.05) is 12.1 Å². The lowest BCUT2D eigenvalue weighted by Gasteiger charge is -2.07. The number of nitrogens with one attached hydrogen (secondary N) is 2. The molecule has 0 aliphatic rings. The molecule has 0 aliphatic carbocycles. The van der Waals surface area contributed by atoms with Gasteiger partial charge in [0.05, 0.1) is 26.5 Å². The molecule has 0 radical (unpaired) electrons. The van der Waals surface area contributed by atoms with Gasteiger partial charge in [0.15, 0.2) is 0 Å². The van der Waals surface area contributed by atoms with Crippen LogP contribution in [0.25, 0.3) is 0 Å². The molecule has 8 heteroatoms. The number of halogens is 1. The molecule has 0 fully saturated rings. The lowest BCUT2D eigenvalue weighted by atomic mass is 10.2. The Balaban J connectivity index is 1.80. The first-order valence-electron chi connectivity index (χ1n) is 9.20. The number of carbonyl (C=O) groups excluding carboxylic acids is 2. The highest BCUT2D eigenvalue weighted by Gasteiger charge is 2.08. The Morgan fingerprint density at radius 1 is 1.17 bits per heavy atom. The second kappa shape index (κ2) is 11.9. The minimum absolute atomic E-state index is 0.194. The van der Waals surface area contributed by atoms with Crippen molar-refractivity contribution in [1.82, 2.24) is 10.7 Å². The predicted octanol–water partition coefficient (Wildman–Crippen LogP) is 3.52. The van der Waals surface area contributed by atoms with Gasteiger partial charge in [0, 0.05) is 15.6 Å². The van der Waals surface area contributed by atoms with Crippen molar-refractivity contribution >= 4 is 34.0 Å². The smallest absolute Gasteiger partial charge is 0.259 e. The zero-order valence-corrected chi connectivity index (χ0v) is 18.0. The van der Waals surface area contributed by atoms with Crippen molar-refractivity contribution in [1.29, 1.82) is 0 Å². The highest BCUT2D eigenvalue weighted by atomic mass is 79.9. The molecule has 0 bridgehead atoms. The van der Waals surface area contributed by atoms with E-state index in [9.17, 15) is 9.59 Å². The van der Waals surface area contributed by atoms with Gasteiger partial charge in [-0.25, -0.2) is 5.43 Å². The molecule has 2 aromatic carbocycles. The number of benzene rings is 2. The average Bonchev–Trinajstić information content (AvgIpc) is 2.73. The summed E-state index contributed by atoms with van der Waals surface area (Å²) in [6.07, 6.45) is 3.51. The number of hydrogen-bond donors (Lipinski definition) is 2. The van der Waals surface area contributed by atoms with Crippen LogP contribution in [0.1, 0.15) is 35.7 Å². The highest BCUT2D eigenvalue weighted by molar-refractivity contribution is 9.10. The van der Waals surface area contributed by atoms with E-state index >= 15 is 0 Å². The molecule has 2 aromatic rings. The predicted molar refractivity (Wildman–Crippen MR) is 116 cm³/mol. The van der Waals surface area contributed by atoms with Gasteiger partial charge in [0.1, 0.15) is 11.5 Å². The number of nitrogens with zero attached hydrogens (tertiary/aromatic N) is 1. The van der Waals surface area contributed by atoms with Crippen molar-refractivity contribution in [3.05, 3.63) is 58.1 Å². The van der Waals surface area contributed by atoms with E-state index in [-0.39, 0.29) is 12.5 Å². The summed E-state index contributed by atoms with van der Waals surface area (Å²) in [6, 6.07) is 12.2. The Bertz CT molecular complexity index is 854. The van der Waals surface area contributed by atoms with E-state index in [0.717, 1.165) is 17.3 Å². The zero-order chi connectivity index (χ0) is 21.1. The quantitative estimate of drug-likeness (QED) is 0.321. The first kappa shape index (κ1) is 22.4. The van der Waals surface area contributed by atoms with Crippen LogP contribution in [0.5, 0.6) is 11.5 Å². The Kier molecular flexibility index (Phi) is 9.17. The van der Waals surface area contributed by atoms with Crippen LogP contribution in [-0.4, -0.2) is 38.3 Å². The maximum Gasteiger partial charge on any atom is 0.259 e. The summed E-state index contributed by atoms with van der Waals surface area (Å²) in [5, 5.41) is 6.45. The van der Waals surface area contributed by atoms with E-state index in [0.29, 0.717) is 29.2 Å². The molecular weight excluding hydrogens is 438 g/mol. The van der Waals surface area contributed by atoms with Crippen LogP contribution < -0.4 is 20.2 Å². The van der Waals surface area contributed by atoms with Gasteiger partial charge in [-0.15, -0.1) is 0 Å². The zero-order valence-electron chi connectivity index (χ0n) is 16.4. The van der Waals surface area contributed by atoms with Crippen molar-refractivity contribution in [2.75, 3.05) is 20.3 Å². The van der Waals surface area contributed by atoms with Gasteiger partial charge >= 0.3 is 0 Å². The van der Waals surface area contributed by atoms with Gasteiger partial charge in [0.2, 0.25) is 0 Å². The molecule has 0 spiro atoms. The number of unbranched alkanes of at least 4 members (excludes halogenated alkanes) is 1. The normalized spacial score (nSPS) is 10.6. The summed E-state index contributed by atoms with van der Waals surface area (Å²) in [5.41, 5.74) is 3.52. The van der Waals surface area contributed by atoms with E-state index in [1.165, 1.54) is 6.21 Å². The third-order valence-corrected chi connectivity index (χ3v) is 4.37. The Labute approximate surface area is 178 Å². The molecule has 0 aliphatic heterocycles. The fourth-order valence-electron chi connectivity index (χ4n) is 2.32. The van der Waals surface area contributed by atoms with Crippen LogP contribution in [-0.2, 0) is 4.79 Å². The Hall–Kier alpha value is -2.87. The maximum atomic E-state index is 12.1. The summed E-state index contributed by atoms with van der Waals surface area (Å²) in [7, 11) is 1.55. The van der Waals surface area contributed by atoms with Crippen LogP contribution in [0.15, 0.2) is 52.0 Å². The fraction of sp³-hybridized carbons (Fsp3) is 0.286. The number of hydrazone groups is 1. The first-order chi connectivity index (χ1) is 14.0. The molecule has 154 valence electrons. The van der Waals surface area contributed by atoms with Crippen LogP contribution in [0, 0.1) is 0 Å². The third-order valence-electron chi connectivity index (χ3n) is 3.88. The fourth-order valence-corrected chi connectivity index (χ4v) is 2.70. The van der Waals surface area contributed by atoms with Gasteiger partial charge in [-0.3, -0.25) is 9.59 Å². The van der Waals surface area contributed by atoms with Gasteiger partial charge in [-0.1, -0.05) is 29.3 Å². The van der Waals surface area contributed by atoms with E-state index < -0.39 is 5.91 Å². The number of hydrogen-bond acceptors (Lipinski definition) is 5. The van der Waals surface area contributed by atoms with Gasteiger partial charge in [-0.2, -0.15) is 5.10 Å². The topological polar surface area (TPSA) is 89.0 Å². The SMILES string of the molecule is CCCCOc1ccc(C(=O)NCC(=O)N/N=C/c2cc(Br)ccc2OC)cc1. The first-order valence-corrected chi connectivity index (χ1v) is 9.99. The van der Waals surface area contributed by atoms with Crippen LogP contribution in [0.4, 0.5) is 0 Å². The van der Waals surface area contributed by atoms with Crippen LogP contribution in [0.3, 0.4) is 0 Å². The maximum absolute atomic E-state index is 12.1. The van der Waals surface area contributed by atoms with Gasteiger partial charge < -0.3 is 14.8 Å². The molecule has 29 heavy (non-hydrogen) atoms. The largest absolute Gasteiger partial charge is 0.496 e. The van der Waals surface area contributed by atoms with Crippen molar-refractivity contribution in [3.8, 4) is 11.5 Å². The van der Waals surface area contributed by atoms with Gasteiger partial charge in [0.25, 0.3) is 11.8 Å². The Morgan fingerprint density at radius 3 is 2.62 bits per heavy atom. The van der Waals surface area contributed by atoms with Crippen molar-refractivity contribution in [3.63, 3.8) is 0 Å². The molecule has 7 nitrogen and oxygen atoms in total. The molecule has 0 saturated heterocycles. The summed E-state index contributed by atoms with van der Waals surface area (Å²) in [6.45, 7) is 2.55. The monoisotopic (exact) mass is 461 g/mol. The molecule has 2 rings (SSSR count). The number of rotatable bonds is 10. The van der Waals surface area contributed by atoms with Crippen LogP contribution in [0.2, 0.25) is 0 Å². The number of ether oxygens (including phenoxy) is 2.